The lowest BCUT2D eigenvalue weighted by Gasteiger charge is -2.13. The van der Waals surface area contributed by atoms with E-state index in [2.05, 4.69) is 4.18 Å². The highest BCUT2D eigenvalue weighted by Crippen LogP contribution is 2.32. The molecule has 0 aliphatic rings. The smallest absolute Gasteiger partial charge is 0.489 e. The quantitative estimate of drug-likeness (QED) is 0.396. The molecule has 0 radical (unpaired) electrons. The van der Waals surface area contributed by atoms with Gasteiger partial charge < -0.3 is 8.92 Å². The molecule has 5 nitrogen and oxygen atoms in total. The first-order valence-corrected chi connectivity index (χ1v) is 9.33. The zero-order valence-corrected chi connectivity index (χ0v) is 15.7. The number of rotatable bonds is 6. The van der Waals surface area contributed by atoms with Crippen molar-refractivity contribution in [3.05, 3.63) is 59.7 Å². The van der Waals surface area contributed by atoms with Gasteiger partial charge in [0.2, 0.25) is 0 Å². The van der Waals surface area contributed by atoms with Gasteiger partial charge >= 0.3 is 15.6 Å². The van der Waals surface area contributed by atoms with Crippen LogP contribution >= 0.6 is 0 Å². The first kappa shape index (κ1) is 22.5. The number of ketones is 1. The molecule has 27 heavy (non-hydrogen) atoms. The number of Topliss-reactive ketones (excluding diaryl/α,β-unsaturated/α-hetero) is 1. The number of hydrogen-bond acceptors (Lipinski definition) is 5. The molecule has 0 saturated carbocycles. The van der Waals surface area contributed by atoms with Crippen molar-refractivity contribution >= 4 is 15.9 Å². The summed E-state index contributed by atoms with van der Waals surface area (Å²) < 4.78 is 69.4. The highest BCUT2D eigenvalue weighted by molar-refractivity contribution is 7.88. The van der Waals surface area contributed by atoms with Crippen molar-refractivity contribution in [3.8, 4) is 11.5 Å². The summed E-state index contributed by atoms with van der Waals surface area (Å²) in [6, 6.07) is 12.3. The third-order valence-corrected chi connectivity index (χ3v) is 4.03. The largest absolute Gasteiger partial charge is 0.534 e. The fraction of sp³-hybridized carbons (Fsp3) is 0.278. The molecule has 2 aromatic carbocycles. The second-order valence-electron chi connectivity index (χ2n) is 4.97. The highest BCUT2D eigenvalue weighted by atomic mass is 32.2. The lowest BCUT2D eigenvalue weighted by molar-refractivity contribution is -0.0500. The van der Waals surface area contributed by atoms with Gasteiger partial charge in [-0.15, -0.1) is 0 Å². The topological polar surface area (TPSA) is 69.7 Å². The van der Waals surface area contributed by atoms with Crippen molar-refractivity contribution in [1.29, 1.82) is 0 Å². The third-order valence-electron chi connectivity index (χ3n) is 3.06. The van der Waals surface area contributed by atoms with Gasteiger partial charge in [-0.3, -0.25) is 4.79 Å². The highest BCUT2D eigenvalue weighted by Gasteiger charge is 2.49. The van der Waals surface area contributed by atoms with E-state index in [-0.39, 0.29) is 17.9 Å². The fourth-order valence-electron chi connectivity index (χ4n) is 1.86. The number of benzene rings is 2. The van der Waals surface area contributed by atoms with Crippen molar-refractivity contribution in [2.24, 2.45) is 0 Å². The second kappa shape index (κ2) is 9.40. The van der Waals surface area contributed by atoms with Crippen molar-refractivity contribution < 1.29 is 35.3 Å². The number of hydrogen-bond donors (Lipinski definition) is 0. The molecule has 0 unspecified atom stereocenters. The summed E-state index contributed by atoms with van der Waals surface area (Å²) in [7, 11) is -5.90. The maximum Gasteiger partial charge on any atom is 0.534 e. The van der Waals surface area contributed by atoms with E-state index >= 15 is 0 Å². The minimum atomic E-state index is -5.90. The van der Waals surface area contributed by atoms with Crippen LogP contribution in [0.5, 0.6) is 11.5 Å². The summed E-state index contributed by atoms with van der Waals surface area (Å²) in [5, 5.41) is 0. The van der Waals surface area contributed by atoms with Crippen molar-refractivity contribution in [3.63, 3.8) is 0 Å². The predicted octanol–water partition coefficient (Wildman–Crippen LogP) is 4.72. The van der Waals surface area contributed by atoms with Crippen molar-refractivity contribution in [2.45, 2.75) is 32.9 Å². The van der Waals surface area contributed by atoms with E-state index in [1.165, 1.54) is 6.07 Å². The van der Waals surface area contributed by atoms with Crippen LogP contribution in [0.3, 0.4) is 0 Å². The van der Waals surface area contributed by atoms with Crippen LogP contribution in [0, 0.1) is 0 Å². The maximum absolute atomic E-state index is 12.5. The Morgan fingerprint density at radius 3 is 2.15 bits per heavy atom. The standard InChI is InChI=1S/C16H13F3O5S.C2H6/c1-11(20)14-8-7-13(23-10-12-5-3-2-4-6-12)9-15(14)24-25(21,22)16(17,18)19;1-2/h2-9H,10H2,1H3;1-2H3. The zero-order valence-electron chi connectivity index (χ0n) is 14.9. The van der Waals surface area contributed by atoms with E-state index in [1.807, 2.05) is 13.8 Å². The lowest BCUT2D eigenvalue weighted by Crippen LogP contribution is -2.28. The molecule has 0 bridgehead atoms. The molecule has 148 valence electrons. The Labute approximate surface area is 155 Å². The van der Waals surface area contributed by atoms with Crippen LogP contribution in [0.4, 0.5) is 13.2 Å². The Morgan fingerprint density at radius 1 is 1.04 bits per heavy atom. The fourth-order valence-corrected chi connectivity index (χ4v) is 2.33. The lowest BCUT2D eigenvalue weighted by atomic mass is 10.1. The molecule has 0 atom stereocenters. The van der Waals surface area contributed by atoms with Gasteiger partial charge in [0.1, 0.15) is 12.4 Å². The van der Waals surface area contributed by atoms with E-state index in [1.54, 1.807) is 30.3 Å². The molecular formula is C18H19F3O5S. The zero-order chi connectivity index (χ0) is 20.7. The van der Waals surface area contributed by atoms with E-state index < -0.39 is 27.2 Å². The van der Waals surface area contributed by atoms with Gasteiger partial charge in [0.15, 0.2) is 11.5 Å². The summed E-state index contributed by atoms with van der Waals surface area (Å²) in [5.41, 5.74) is -5.12. The number of halogens is 3. The van der Waals surface area contributed by atoms with Gasteiger partial charge in [0.25, 0.3) is 0 Å². The summed E-state index contributed by atoms with van der Waals surface area (Å²) in [6.07, 6.45) is 0. The van der Waals surface area contributed by atoms with Gasteiger partial charge in [-0.05, 0) is 24.6 Å². The number of ether oxygens (including phenoxy) is 1. The maximum atomic E-state index is 12.5. The molecule has 0 saturated heterocycles. The first-order valence-electron chi connectivity index (χ1n) is 7.92. The molecule has 2 aromatic rings. The summed E-state index contributed by atoms with van der Waals surface area (Å²) >= 11 is 0. The number of carbonyl (C=O) groups excluding carboxylic acids is 1. The molecular weight excluding hydrogens is 385 g/mol. The van der Waals surface area contributed by atoms with Gasteiger partial charge in [-0.2, -0.15) is 21.6 Å². The Hall–Kier alpha value is -2.55. The summed E-state index contributed by atoms with van der Waals surface area (Å²) in [5.74, 6) is -1.33. The van der Waals surface area contributed by atoms with E-state index in [0.717, 1.165) is 24.6 Å². The van der Waals surface area contributed by atoms with Crippen LogP contribution in [0.25, 0.3) is 0 Å². The molecule has 0 spiro atoms. The average molecular weight is 404 g/mol. The van der Waals surface area contributed by atoms with E-state index in [4.69, 9.17) is 4.74 Å². The number of carbonyl (C=O) groups is 1. The molecule has 0 aromatic heterocycles. The Balaban J connectivity index is 0.00000176. The van der Waals surface area contributed by atoms with Crippen LogP contribution in [0.1, 0.15) is 36.7 Å². The van der Waals surface area contributed by atoms with Gasteiger partial charge in [-0.1, -0.05) is 44.2 Å². The second-order valence-corrected chi connectivity index (χ2v) is 6.51. The Bertz CT molecular complexity index is 862. The van der Waals surface area contributed by atoms with E-state index in [9.17, 15) is 26.4 Å². The van der Waals surface area contributed by atoms with Gasteiger partial charge in [0, 0.05) is 6.07 Å². The molecule has 0 aliphatic carbocycles. The SMILES string of the molecule is CC.CC(=O)c1ccc(OCc2ccccc2)cc1OS(=O)(=O)C(F)(F)F. The van der Waals surface area contributed by atoms with Crippen LogP contribution in [0.2, 0.25) is 0 Å². The molecule has 0 N–H and O–H groups in total. The monoisotopic (exact) mass is 404 g/mol. The normalized spacial score (nSPS) is 11.2. The average Bonchev–Trinajstić information content (AvgIpc) is 2.61. The summed E-state index contributed by atoms with van der Waals surface area (Å²) in [4.78, 5) is 11.5. The van der Waals surface area contributed by atoms with E-state index in [0.29, 0.717) is 0 Å². The molecule has 9 heteroatoms. The minimum absolute atomic E-state index is 0.0567. The molecule has 0 fully saturated rings. The Kier molecular flexibility index (Phi) is 7.83. The van der Waals surface area contributed by atoms with Crippen LogP contribution in [-0.2, 0) is 16.7 Å². The minimum Gasteiger partial charge on any atom is -0.489 e. The van der Waals surface area contributed by atoms with Gasteiger partial charge in [0.05, 0.1) is 5.56 Å². The van der Waals surface area contributed by atoms with Crippen LogP contribution in [-0.4, -0.2) is 19.7 Å². The third kappa shape index (κ3) is 6.28. The van der Waals surface area contributed by atoms with Crippen LogP contribution < -0.4 is 8.92 Å². The van der Waals surface area contributed by atoms with Crippen LogP contribution in [0.15, 0.2) is 48.5 Å². The first-order chi connectivity index (χ1) is 12.6. The summed E-state index contributed by atoms with van der Waals surface area (Å²) in [6.45, 7) is 5.18. The predicted molar refractivity (Wildman–Crippen MR) is 94.2 cm³/mol. The van der Waals surface area contributed by atoms with Crippen molar-refractivity contribution in [2.75, 3.05) is 0 Å². The number of alkyl halides is 3. The Morgan fingerprint density at radius 2 is 1.63 bits per heavy atom. The van der Waals surface area contributed by atoms with Gasteiger partial charge in [-0.25, -0.2) is 0 Å². The molecule has 0 amide bonds. The van der Waals surface area contributed by atoms with Crippen molar-refractivity contribution in [1.82, 2.24) is 0 Å². The molecule has 2 rings (SSSR count). The molecule has 0 heterocycles. The molecule has 0 aliphatic heterocycles.